The molecule has 0 spiro atoms. The summed E-state index contributed by atoms with van der Waals surface area (Å²) in [6.07, 6.45) is 1.05. The average molecular weight is 1610 g/mol. The highest BCUT2D eigenvalue weighted by Gasteiger charge is 2.30. The van der Waals surface area contributed by atoms with Gasteiger partial charge in [0.25, 0.3) is 22.2 Å². The predicted molar refractivity (Wildman–Crippen MR) is 458 cm³/mol. The number of ether oxygens (including phenoxy) is 3. The van der Waals surface area contributed by atoms with Crippen molar-refractivity contribution in [3.63, 3.8) is 0 Å². The summed E-state index contributed by atoms with van der Waals surface area (Å²) in [5.74, 6) is -3.03. The van der Waals surface area contributed by atoms with Crippen LogP contribution in [-0.4, -0.2) is 57.3 Å². The first-order valence-electron chi connectivity index (χ1n) is 35.7. The van der Waals surface area contributed by atoms with Crippen LogP contribution in [-0.2, 0) is 32.1 Å². The Morgan fingerprint density at radius 1 is 0.383 bits per heavy atom. The molecule has 14 aromatic carbocycles. The van der Waals surface area contributed by atoms with Gasteiger partial charge in [0.15, 0.2) is 0 Å². The minimum atomic E-state index is -0.620. The number of aromatic nitrogens is 2. The van der Waals surface area contributed by atoms with Gasteiger partial charge in [-0.3, -0.25) is 28.3 Å². The number of hydrogen-bond donors (Lipinski definition) is 2. The summed E-state index contributed by atoms with van der Waals surface area (Å²) < 4.78 is 28.1. The first-order chi connectivity index (χ1) is 55.9. The maximum absolute atomic E-state index is 13.1. The Morgan fingerprint density at radius 3 is 1.23 bits per heavy atom. The number of fused-ring (bicyclic) bond motifs is 6. The number of anilines is 1. The van der Waals surface area contributed by atoms with E-state index in [0.717, 1.165) is 108 Å². The average Bonchev–Trinajstić information content (AvgIpc) is 0.721. The number of aliphatic hydroxyl groups excluding tert-OH is 1. The smallest absolute Gasteiger partial charge is 0.346 e. The Labute approximate surface area is 666 Å². The minimum absolute atomic E-state index is 0.000728. The zero-order chi connectivity index (χ0) is 79.4. The van der Waals surface area contributed by atoms with Crippen molar-refractivity contribution in [3.05, 3.63) is 333 Å². The lowest BCUT2D eigenvalue weighted by atomic mass is 9.97. The van der Waals surface area contributed by atoms with E-state index in [-0.39, 0.29) is 48.5 Å². The molecule has 8 heterocycles. The highest BCUT2D eigenvalue weighted by molar-refractivity contribution is 7.99. The number of esters is 5. The number of rotatable bonds is 8. The highest BCUT2D eigenvalue weighted by atomic mass is 35.5. The van der Waals surface area contributed by atoms with E-state index in [1.54, 1.807) is 119 Å². The van der Waals surface area contributed by atoms with Gasteiger partial charge in [-0.2, -0.15) is 0 Å². The SMILES string of the molecule is C=CC(=O)OCCn1c(=O)c2ccc3sc4ccccc4c4ccc(c1=O)c2c34.Nc1ccccc1Sc1ccc2c3c(cccc13)C(=O)OC2=O.O=C1OC(=O)c2ccc(Cl)c3cccc1c23.O=c1c2ccc3sc4ccccc4c4ccc(c(=O)n1CCO)c2c34.O=c1oc(=O)c2ccc3c4ccccc4sc4ccc1c2c43. The summed E-state index contributed by atoms with van der Waals surface area (Å²) in [7, 11) is 0. The van der Waals surface area contributed by atoms with Crippen molar-refractivity contribution in [2.45, 2.75) is 22.9 Å². The number of benzene rings is 14. The summed E-state index contributed by atoms with van der Waals surface area (Å²) in [6.45, 7) is 3.04. The van der Waals surface area contributed by atoms with E-state index < -0.39 is 41.1 Å². The van der Waals surface area contributed by atoms with Gasteiger partial charge < -0.3 is 29.5 Å². The topological polar surface area (TPSA) is 285 Å². The van der Waals surface area contributed by atoms with E-state index in [0.29, 0.717) is 86.8 Å². The molecule has 0 amide bonds. The standard InChI is InChI=1S/C23H15NO4S.C20H13NO3S.C18H11NO3S.C18H8O3S.C12H5ClO3/c1-2-19(25)28-12-11-24-22(26)15-8-7-14-13-5-3-4-6-17(13)29-18-10-9-16(23(24)27)20(15)21(14)18;22-10-9-21-19(23)13-6-5-12-11-3-1-2-4-15(11)25-16-8-7-14(20(21)24)17(13)18(12)16;19-13-6-1-2-7-15(13)23-14-9-8-12-16-10(14)4-3-5-11(16)17(20)22-18(12)21;19-17-11-6-5-10-9-3-1-2-4-13(9)22-14-8-7-12(18(20)21-17)15(11)16(10)14;13-9-5-4-8-10-6(9)2-1-3-7(10)11(14)16-12(8)15/h2-10H,1,11-12H2;1-8,22H,9-10H2;1-9H,19H2;1-8H;1-5H. The number of nitrogens with two attached hydrogens (primary N) is 1. The first-order valence-corrected chi connectivity index (χ1v) is 39.3. The van der Waals surface area contributed by atoms with E-state index in [1.165, 1.54) is 21.2 Å². The fraction of sp³-hybridized carbons (Fsp3) is 0.0440. The quantitative estimate of drug-likeness (QED) is 0.0272. The van der Waals surface area contributed by atoms with Crippen LogP contribution in [0.3, 0.4) is 0 Å². The molecule has 0 fully saturated rings. The molecule has 3 N–H and O–H groups in total. The fourth-order valence-electron chi connectivity index (χ4n) is 15.4. The molecule has 19 nitrogen and oxygen atoms in total. The van der Waals surface area contributed by atoms with Crippen LogP contribution in [0.2, 0.25) is 5.02 Å². The summed E-state index contributed by atoms with van der Waals surface area (Å²) in [4.78, 5) is 136. The number of nitrogens with zero attached hydrogens (tertiary/aromatic N) is 2. The van der Waals surface area contributed by atoms with Gasteiger partial charge in [0, 0.05) is 125 Å². The van der Waals surface area contributed by atoms with Gasteiger partial charge in [-0.1, -0.05) is 139 Å². The highest BCUT2D eigenvalue weighted by Crippen LogP contribution is 2.45. The van der Waals surface area contributed by atoms with Crippen LogP contribution in [0, 0.1) is 0 Å². The number of carbonyl (C=O) groups is 5. The molecule has 0 aliphatic carbocycles. The predicted octanol–water partition coefficient (Wildman–Crippen LogP) is 18.2. The lowest BCUT2D eigenvalue weighted by Gasteiger charge is -2.17. The molecule has 24 heteroatoms. The van der Waals surface area contributed by atoms with Gasteiger partial charge in [-0.05, 0) is 159 Å². The van der Waals surface area contributed by atoms with Crippen LogP contribution in [0.4, 0.5) is 5.69 Å². The number of nitrogen functional groups attached to an aromatic ring is 1. The van der Waals surface area contributed by atoms with E-state index in [4.69, 9.17) is 31.2 Å². The summed E-state index contributed by atoms with van der Waals surface area (Å²) in [5, 5.41) is 27.0. The molecule has 0 saturated carbocycles. The lowest BCUT2D eigenvalue weighted by molar-refractivity contribution is -0.138. The Bertz CT molecular complexity index is 7910. The second-order valence-corrected chi connectivity index (χ2v) is 31.6. The van der Waals surface area contributed by atoms with Crippen LogP contribution < -0.4 is 39.2 Å². The zero-order valence-electron chi connectivity index (χ0n) is 59.6. The molecule has 22 rings (SSSR count). The third-order valence-corrected chi connectivity index (χ3v) is 25.4. The zero-order valence-corrected chi connectivity index (χ0v) is 63.6. The van der Waals surface area contributed by atoms with E-state index >= 15 is 0 Å². The molecule has 0 atom stereocenters. The fourth-order valence-corrected chi connectivity index (χ4v) is 20.0. The molecule has 0 unspecified atom stereocenters. The second kappa shape index (κ2) is 29.1. The normalized spacial score (nSPS) is 12.4. The molecular weight excluding hydrogens is 1550 g/mol. The molecule has 0 saturated heterocycles. The van der Waals surface area contributed by atoms with Crippen molar-refractivity contribution in [1.82, 2.24) is 9.13 Å². The number of carbonyl (C=O) groups excluding carboxylic acids is 5. The Hall–Kier alpha value is -13.7. The van der Waals surface area contributed by atoms with Crippen molar-refractivity contribution >= 4 is 240 Å². The van der Waals surface area contributed by atoms with Crippen LogP contribution in [0.1, 0.15) is 41.4 Å². The van der Waals surface area contributed by atoms with Gasteiger partial charge >= 0.3 is 41.1 Å². The van der Waals surface area contributed by atoms with E-state index in [9.17, 15) is 57.8 Å². The number of halogens is 1. The van der Waals surface area contributed by atoms with Gasteiger partial charge in [0.05, 0.1) is 52.7 Å². The molecule has 2 aliphatic rings. The van der Waals surface area contributed by atoms with Crippen LogP contribution >= 0.6 is 57.4 Å². The molecular formula is C91H52ClN3O16S4. The molecule has 0 bridgehead atoms. The Kier molecular flexibility index (Phi) is 18.5. The number of hydrogen-bond acceptors (Lipinski definition) is 21. The van der Waals surface area contributed by atoms with Gasteiger partial charge in [-0.25, -0.2) is 33.6 Å². The molecule has 20 aromatic rings. The third kappa shape index (κ3) is 12.3. The Morgan fingerprint density at radius 2 is 0.757 bits per heavy atom. The molecule has 558 valence electrons. The van der Waals surface area contributed by atoms with Gasteiger partial charge in [-0.15, -0.1) is 34.0 Å². The summed E-state index contributed by atoms with van der Waals surface area (Å²) >= 11 is 12.5. The van der Waals surface area contributed by atoms with Crippen molar-refractivity contribution in [2.75, 3.05) is 18.9 Å². The third-order valence-electron chi connectivity index (χ3n) is 20.5. The lowest BCUT2D eigenvalue weighted by Crippen LogP contribution is -2.35. The maximum Gasteiger partial charge on any atom is 0.346 e. The Balaban J connectivity index is 0.000000101. The van der Waals surface area contributed by atoms with Crippen LogP contribution in [0.25, 0.3) is 147 Å². The molecule has 115 heavy (non-hydrogen) atoms. The van der Waals surface area contributed by atoms with E-state index in [2.05, 4.69) is 47.7 Å². The monoisotopic (exact) mass is 1610 g/mol. The van der Waals surface area contributed by atoms with Crippen molar-refractivity contribution in [2.24, 2.45) is 0 Å². The van der Waals surface area contributed by atoms with Crippen LogP contribution in [0.15, 0.2) is 286 Å². The second-order valence-electron chi connectivity index (χ2n) is 26.8. The van der Waals surface area contributed by atoms with Crippen molar-refractivity contribution in [1.29, 1.82) is 0 Å². The maximum atomic E-state index is 13.1. The van der Waals surface area contributed by atoms with Crippen LogP contribution in [0.5, 0.6) is 0 Å². The largest absolute Gasteiger partial charge is 0.461 e. The van der Waals surface area contributed by atoms with Gasteiger partial charge in [0.2, 0.25) is 0 Å². The number of pyridine rings is 2. The summed E-state index contributed by atoms with van der Waals surface area (Å²) in [6, 6.07) is 71.6. The minimum Gasteiger partial charge on any atom is -0.461 e. The number of aliphatic hydroxyl groups is 1. The molecule has 0 radical (unpaired) electrons. The van der Waals surface area contributed by atoms with Crippen molar-refractivity contribution < 1.29 is 47.7 Å². The molecule has 6 aromatic heterocycles. The molecule has 2 aliphatic heterocycles. The van der Waals surface area contributed by atoms with Gasteiger partial charge in [0.1, 0.15) is 6.61 Å². The number of cyclic esters (lactones) is 4. The summed E-state index contributed by atoms with van der Waals surface area (Å²) in [5.41, 5.74) is 5.76. The number of para-hydroxylation sites is 1. The van der Waals surface area contributed by atoms with E-state index in [1.807, 2.05) is 109 Å². The van der Waals surface area contributed by atoms with Crippen molar-refractivity contribution in [3.8, 4) is 0 Å². The first kappa shape index (κ1) is 72.9.